The molecule has 4 heteroatoms. The van der Waals surface area contributed by atoms with E-state index < -0.39 is 8.32 Å². The summed E-state index contributed by atoms with van der Waals surface area (Å²) >= 11 is 0. The van der Waals surface area contributed by atoms with Crippen molar-refractivity contribution in [3.8, 4) is 0 Å². The van der Waals surface area contributed by atoms with Gasteiger partial charge in [0.15, 0.2) is 0 Å². The molecule has 2 rings (SSSR count). The molecule has 0 aliphatic rings. The van der Waals surface area contributed by atoms with Crippen molar-refractivity contribution in [3.63, 3.8) is 0 Å². The third-order valence-electron chi connectivity index (χ3n) is 5.10. The fraction of sp³-hybridized carbons (Fsp3) is 0.409. The molecular weight excluding hydrogens is 340 g/mol. The highest BCUT2D eigenvalue weighted by Gasteiger charge is 2.49. The standard InChI is InChI=1S/C22H30O3Si/c1-4-25-21(23)17-11-12-18-22(2,3)26(24,19-13-7-5-8-14-19)20-15-9-6-10-16-20/h5-10,13-16,24H,4,11-12,17-18H2,1-3H3. The third-order valence-corrected chi connectivity index (χ3v) is 9.65. The topological polar surface area (TPSA) is 46.5 Å². The summed E-state index contributed by atoms with van der Waals surface area (Å²) in [6.07, 6.45) is 2.98. The summed E-state index contributed by atoms with van der Waals surface area (Å²) in [4.78, 5) is 23.6. The lowest BCUT2D eigenvalue weighted by Gasteiger charge is -2.41. The molecule has 0 radical (unpaired) electrons. The normalized spacial score (nSPS) is 12.0. The Morgan fingerprint density at radius 2 is 1.46 bits per heavy atom. The molecule has 0 atom stereocenters. The van der Waals surface area contributed by atoms with Crippen LogP contribution >= 0.6 is 0 Å². The van der Waals surface area contributed by atoms with Crippen LogP contribution in [0.3, 0.4) is 0 Å². The highest BCUT2D eigenvalue weighted by molar-refractivity contribution is 6.98. The Bertz CT molecular complexity index is 644. The van der Waals surface area contributed by atoms with Gasteiger partial charge in [0.2, 0.25) is 0 Å². The number of unbranched alkanes of at least 4 members (excludes halogenated alkanes) is 1. The monoisotopic (exact) mass is 370 g/mol. The molecular formula is C22H30O3Si. The first-order chi connectivity index (χ1) is 12.4. The van der Waals surface area contributed by atoms with E-state index in [4.69, 9.17) is 4.74 Å². The van der Waals surface area contributed by atoms with Gasteiger partial charge in [0, 0.05) is 6.42 Å². The predicted octanol–water partition coefficient (Wildman–Crippen LogP) is 3.64. The van der Waals surface area contributed by atoms with Gasteiger partial charge < -0.3 is 9.53 Å². The van der Waals surface area contributed by atoms with Gasteiger partial charge in [-0.25, -0.2) is 0 Å². The van der Waals surface area contributed by atoms with Crippen LogP contribution < -0.4 is 10.4 Å². The minimum absolute atomic E-state index is 0.135. The maximum atomic E-state index is 12.0. The van der Waals surface area contributed by atoms with E-state index in [1.807, 2.05) is 67.6 Å². The second-order valence-corrected chi connectivity index (χ2v) is 11.3. The van der Waals surface area contributed by atoms with E-state index in [2.05, 4.69) is 13.8 Å². The van der Waals surface area contributed by atoms with E-state index in [1.54, 1.807) is 0 Å². The van der Waals surface area contributed by atoms with E-state index in [0.717, 1.165) is 29.6 Å². The smallest absolute Gasteiger partial charge is 0.305 e. The Hall–Kier alpha value is -1.91. The SMILES string of the molecule is CCOC(=O)CCCCC(C)(C)[Si](O)(c1ccccc1)c1ccccc1. The zero-order valence-corrected chi connectivity index (χ0v) is 17.1. The molecule has 0 spiro atoms. The zero-order valence-electron chi connectivity index (χ0n) is 16.1. The number of esters is 1. The lowest BCUT2D eigenvalue weighted by atomic mass is 10.0. The maximum Gasteiger partial charge on any atom is 0.305 e. The number of ether oxygens (including phenoxy) is 1. The summed E-state index contributed by atoms with van der Waals surface area (Å²) in [7, 11) is -2.94. The highest BCUT2D eigenvalue weighted by atomic mass is 28.4. The van der Waals surface area contributed by atoms with Crippen LogP contribution in [0.1, 0.15) is 46.5 Å². The van der Waals surface area contributed by atoms with Crippen LogP contribution in [0.2, 0.25) is 5.04 Å². The molecule has 0 amide bonds. The number of carbonyl (C=O) groups is 1. The van der Waals surface area contributed by atoms with Crippen LogP contribution in [-0.4, -0.2) is 25.7 Å². The lowest BCUT2D eigenvalue weighted by Crippen LogP contribution is -2.65. The molecule has 0 aromatic heterocycles. The number of benzene rings is 2. The van der Waals surface area contributed by atoms with Gasteiger partial charge in [-0.05, 0) is 35.2 Å². The molecule has 2 aromatic rings. The van der Waals surface area contributed by atoms with Crippen molar-refractivity contribution in [2.75, 3.05) is 6.61 Å². The second kappa shape index (κ2) is 9.15. The molecule has 0 saturated carbocycles. The van der Waals surface area contributed by atoms with Gasteiger partial charge in [-0.2, -0.15) is 0 Å². The summed E-state index contributed by atoms with van der Waals surface area (Å²) in [6, 6.07) is 20.1. The average Bonchev–Trinajstić information content (AvgIpc) is 2.66. The minimum Gasteiger partial charge on any atom is -0.466 e. The summed E-state index contributed by atoms with van der Waals surface area (Å²) < 4.78 is 5.00. The Labute approximate surface area is 158 Å². The first-order valence-corrected chi connectivity index (χ1v) is 11.4. The van der Waals surface area contributed by atoms with E-state index in [-0.39, 0.29) is 11.0 Å². The molecule has 3 nitrogen and oxygen atoms in total. The average molecular weight is 371 g/mol. The molecule has 1 N–H and O–H groups in total. The third kappa shape index (κ3) is 4.62. The Kier molecular flexibility index (Phi) is 7.18. The van der Waals surface area contributed by atoms with Crippen LogP contribution in [0.5, 0.6) is 0 Å². The van der Waals surface area contributed by atoms with Crippen molar-refractivity contribution in [2.24, 2.45) is 0 Å². The summed E-state index contributed by atoms with van der Waals surface area (Å²) in [5, 5.41) is 1.80. The van der Waals surface area contributed by atoms with Gasteiger partial charge in [0.1, 0.15) is 0 Å². The van der Waals surface area contributed by atoms with Crippen molar-refractivity contribution in [2.45, 2.75) is 51.5 Å². The highest BCUT2D eigenvalue weighted by Crippen LogP contribution is 2.40. The van der Waals surface area contributed by atoms with Gasteiger partial charge in [-0.3, -0.25) is 4.79 Å². The van der Waals surface area contributed by atoms with Crippen LogP contribution in [0.15, 0.2) is 60.7 Å². The van der Waals surface area contributed by atoms with Gasteiger partial charge in [0.05, 0.1) is 6.61 Å². The predicted molar refractivity (Wildman–Crippen MR) is 109 cm³/mol. The second-order valence-electron chi connectivity index (χ2n) is 7.34. The van der Waals surface area contributed by atoms with E-state index >= 15 is 0 Å². The van der Waals surface area contributed by atoms with E-state index in [0.29, 0.717) is 13.0 Å². The van der Waals surface area contributed by atoms with Crippen LogP contribution in [-0.2, 0) is 9.53 Å². The maximum absolute atomic E-state index is 12.0. The van der Waals surface area contributed by atoms with Crippen molar-refractivity contribution in [3.05, 3.63) is 60.7 Å². The molecule has 0 aliphatic heterocycles. The minimum atomic E-state index is -2.94. The number of rotatable bonds is 9. The number of hydrogen-bond acceptors (Lipinski definition) is 3. The van der Waals surface area contributed by atoms with Gasteiger partial charge in [-0.1, -0.05) is 80.9 Å². The van der Waals surface area contributed by atoms with Crippen molar-refractivity contribution < 1.29 is 14.3 Å². The fourth-order valence-corrected chi connectivity index (χ4v) is 7.34. The molecule has 0 heterocycles. The Morgan fingerprint density at radius 1 is 0.962 bits per heavy atom. The summed E-state index contributed by atoms with van der Waals surface area (Å²) in [6.45, 7) is 6.57. The van der Waals surface area contributed by atoms with Crippen LogP contribution in [0, 0.1) is 0 Å². The van der Waals surface area contributed by atoms with Gasteiger partial charge in [-0.15, -0.1) is 0 Å². The molecule has 0 saturated heterocycles. The van der Waals surface area contributed by atoms with Crippen LogP contribution in [0.25, 0.3) is 0 Å². The Morgan fingerprint density at radius 3 is 1.92 bits per heavy atom. The van der Waals surface area contributed by atoms with Gasteiger partial charge >= 0.3 is 5.97 Å². The lowest BCUT2D eigenvalue weighted by molar-refractivity contribution is -0.143. The van der Waals surface area contributed by atoms with Gasteiger partial charge in [0.25, 0.3) is 8.32 Å². The molecule has 0 aliphatic carbocycles. The Balaban J connectivity index is 2.20. The van der Waals surface area contributed by atoms with Crippen LogP contribution in [0.4, 0.5) is 0 Å². The molecule has 0 unspecified atom stereocenters. The number of carbonyl (C=O) groups excluding carboxylic acids is 1. The van der Waals surface area contributed by atoms with Crippen molar-refractivity contribution >= 4 is 24.7 Å². The summed E-state index contributed by atoms with van der Waals surface area (Å²) in [5.74, 6) is -0.135. The quantitative estimate of drug-likeness (QED) is 0.416. The fourth-order valence-electron chi connectivity index (χ4n) is 3.56. The van der Waals surface area contributed by atoms with Crippen molar-refractivity contribution in [1.82, 2.24) is 0 Å². The number of hydrogen-bond donors (Lipinski definition) is 1. The molecule has 26 heavy (non-hydrogen) atoms. The van der Waals surface area contributed by atoms with E-state index in [1.165, 1.54) is 0 Å². The first kappa shape index (κ1) is 20.4. The molecule has 140 valence electrons. The molecule has 0 fully saturated rings. The molecule has 2 aromatic carbocycles. The summed E-state index contributed by atoms with van der Waals surface area (Å²) in [5.41, 5.74) is 0. The first-order valence-electron chi connectivity index (χ1n) is 9.41. The van der Waals surface area contributed by atoms with E-state index in [9.17, 15) is 9.59 Å². The zero-order chi connectivity index (χ0) is 19.0. The molecule has 0 bridgehead atoms. The van der Waals surface area contributed by atoms with Crippen molar-refractivity contribution in [1.29, 1.82) is 0 Å². The largest absolute Gasteiger partial charge is 0.466 e.